The summed E-state index contributed by atoms with van der Waals surface area (Å²) in [5.74, 6) is -0.796. The maximum absolute atomic E-state index is 14.8. The summed E-state index contributed by atoms with van der Waals surface area (Å²) in [6.45, 7) is 6.09. The van der Waals surface area contributed by atoms with Crippen molar-refractivity contribution in [2.75, 3.05) is 11.9 Å². The first-order valence-electron chi connectivity index (χ1n) is 11.5. The van der Waals surface area contributed by atoms with Crippen molar-refractivity contribution in [1.29, 1.82) is 0 Å². The van der Waals surface area contributed by atoms with Crippen molar-refractivity contribution in [3.63, 3.8) is 0 Å². The Morgan fingerprint density at radius 3 is 2.78 bits per heavy atom. The van der Waals surface area contributed by atoms with Crippen molar-refractivity contribution in [2.45, 2.75) is 39.8 Å². The summed E-state index contributed by atoms with van der Waals surface area (Å²) >= 11 is 0. The van der Waals surface area contributed by atoms with Crippen molar-refractivity contribution in [2.24, 2.45) is 0 Å². The second kappa shape index (κ2) is 10.6. The van der Waals surface area contributed by atoms with Gasteiger partial charge >= 0.3 is 5.97 Å². The van der Waals surface area contributed by atoms with E-state index in [9.17, 15) is 13.6 Å². The maximum Gasteiger partial charge on any atom is 0.303 e. The zero-order chi connectivity index (χ0) is 24.7. The van der Waals surface area contributed by atoms with Gasteiger partial charge in [0, 0.05) is 66.8 Å². The number of nitrogens with one attached hydrogen (secondary N) is 1. The molecule has 0 unspecified atom stereocenters. The predicted molar refractivity (Wildman–Crippen MR) is 135 cm³/mol. The van der Waals surface area contributed by atoms with E-state index in [1.54, 1.807) is 4.57 Å². The van der Waals surface area contributed by atoms with Gasteiger partial charge in [0.1, 0.15) is 23.7 Å². The third kappa shape index (κ3) is 4.73. The normalized spacial score (nSPS) is 14.2. The molecule has 9 heteroatoms. The number of esters is 1. The first kappa shape index (κ1) is 26.1. The summed E-state index contributed by atoms with van der Waals surface area (Å²) in [6, 6.07) is 14.1. The van der Waals surface area contributed by atoms with Crippen LogP contribution < -0.4 is 10.1 Å². The average Bonchev–Trinajstić information content (AvgIpc) is 3.41. The molecule has 0 bridgehead atoms. The first-order chi connectivity index (χ1) is 16.9. The fraction of sp³-hybridized carbons (Fsp3) is 0.259. The summed E-state index contributed by atoms with van der Waals surface area (Å²) in [7, 11) is 0. The third-order valence-electron chi connectivity index (χ3n) is 6.30. The van der Waals surface area contributed by atoms with Crippen LogP contribution in [-0.2, 0) is 22.5 Å². The number of carbonyl (C=O) groups excluding carboxylic acids is 1. The second-order valence-corrected chi connectivity index (χ2v) is 8.52. The molecule has 1 radical (unpaired) electrons. The molecular weight excluding hydrogens is 475 g/mol. The first-order valence-corrected chi connectivity index (χ1v) is 11.5. The Bertz CT molecular complexity index is 1450. The quantitative estimate of drug-likeness (QED) is 0.284. The van der Waals surface area contributed by atoms with E-state index in [1.165, 1.54) is 13.0 Å². The van der Waals surface area contributed by atoms with Gasteiger partial charge in [-0.1, -0.05) is 19.1 Å². The second-order valence-electron chi connectivity index (χ2n) is 8.52. The fourth-order valence-corrected chi connectivity index (χ4v) is 4.54. The number of nitrogens with zero attached hydrogens (tertiary/aromatic N) is 2. The van der Waals surface area contributed by atoms with Crippen molar-refractivity contribution in [1.82, 2.24) is 9.55 Å². The molecule has 0 saturated carbocycles. The zero-order valence-electron chi connectivity index (χ0n) is 20.7. The Morgan fingerprint density at radius 2 is 2.03 bits per heavy atom. The average molecular weight is 501 g/mol. The summed E-state index contributed by atoms with van der Waals surface area (Å²) in [5.41, 5.74) is 4.97. The van der Waals surface area contributed by atoms with Crippen molar-refractivity contribution in [3.8, 4) is 11.4 Å². The number of anilines is 1. The van der Waals surface area contributed by atoms with Gasteiger partial charge in [-0.2, -0.15) is 0 Å². The van der Waals surface area contributed by atoms with Crippen LogP contribution in [-0.4, -0.2) is 51.7 Å². The molecule has 5 rings (SSSR count). The summed E-state index contributed by atoms with van der Waals surface area (Å²) in [6.07, 6.45) is 0.180. The van der Waals surface area contributed by atoms with Crippen LogP contribution in [0.3, 0.4) is 0 Å². The van der Waals surface area contributed by atoms with Crippen LogP contribution in [0.1, 0.15) is 42.5 Å². The van der Waals surface area contributed by atoms with Crippen LogP contribution in [0.25, 0.3) is 16.7 Å². The molecule has 1 aliphatic heterocycles. The van der Waals surface area contributed by atoms with Gasteiger partial charge in [0.2, 0.25) is 0 Å². The van der Waals surface area contributed by atoms with Gasteiger partial charge in [-0.3, -0.25) is 9.36 Å². The number of fused-ring (bicyclic) bond motifs is 2. The Hall–Kier alpha value is -2.94. The molecule has 1 aliphatic rings. The molecule has 4 aromatic rings. The number of hydrogen-bond donors (Lipinski definition) is 1. The SMILES string of the molecule is CCc1nc2ccc(F)c(F)c2n1-c1cccc(CNc2ccc3c(c2)OC[C@H]3OC(C)=O)c1C.[Na]. The van der Waals surface area contributed by atoms with Gasteiger partial charge in [0.25, 0.3) is 0 Å². The molecule has 0 amide bonds. The van der Waals surface area contributed by atoms with E-state index in [4.69, 9.17) is 9.47 Å². The largest absolute Gasteiger partial charge is 0.489 e. The van der Waals surface area contributed by atoms with Crippen molar-refractivity contribution >= 4 is 52.2 Å². The minimum absolute atomic E-state index is 0. The Kier molecular flexibility index (Phi) is 7.68. The minimum Gasteiger partial charge on any atom is -0.489 e. The molecule has 0 saturated heterocycles. The number of halogens is 2. The van der Waals surface area contributed by atoms with Gasteiger partial charge in [-0.05, 0) is 48.4 Å². The van der Waals surface area contributed by atoms with Crippen LogP contribution in [0.4, 0.5) is 14.5 Å². The molecule has 6 nitrogen and oxygen atoms in total. The number of ether oxygens (including phenoxy) is 2. The van der Waals surface area contributed by atoms with E-state index in [-0.39, 0.29) is 41.0 Å². The predicted octanol–water partition coefficient (Wildman–Crippen LogP) is 5.40. The maximum atomic E-state index is 14.8. The number of aromatic nitrogens is 2. The van der Waals surface area contributed by atoms with Crippen LogP contribution in [0.2, 0.25) is 0 Å². The molecule has 0 aliphatic carbocycles. The molecule has 1 atom stereocenters. The Balaban J connectivity index is 0.00000304. The van der Waals surface area contributed by atoms with Crippen molar-refractivity contribution < 1.29 is 23.0 Å². The van der Waals surface area contributed by atoms with E-state index in [0.29, 0.717) is 36.7 Å². The molecule has 181 valence electrons. The van der Waals surface area contributed by atoms with E-state index in [2.05, 4.69) is 10.3 Å². The van der Waals surface area contributed by atoms with Crippen LogP contribution >= 0.6 is 0 Å². The molecule has 0 spiro atoms. The van der Waals surface area contributed by atoms with Crippen molar-refractivity contribution in [3.05, 3.63) is 82.7 Å². The van der Waals surface area contributed by atoms with Gasteiger partial charge in [0.15, 0.2) is 17.7 Å². The number of benzene rings is 3. The zero-order valence-corrected chi connectivity index (χ0v) is 22.7. The molecule has 0 fully saturated rings. The smallest absolute Gasteiger partial charge is 0.303 e. The van der Waals surface area contributed by atoms with Crippen LogP contribution in [0.15, 0.2) is 48.5 Å². The van der Waals surface area contributed by atoms with Crippen LogP contribution in [0.5, 0.6) is 5.75 Å². The number of rotatable bonds is 6. The Morgan fingerprint density at radius 1 is 1.22 bits per heavy atom. The minimum atomic E-state index is -0.900. The van der Waals surface area contributed by atoms with E-state index < -0.39 is 17.7 Å². The fourth-order valence-electron chi connectivity index (χ4n) is 4.54. The monoisotopic (exact) mass is 500 g/mol. The Labute approximate surface area is 229 Å². The summed E-state index contributed by atoms with van der Waals surface area (Å²) in [4.78, 5) is 15.8. The number of aryl methyl sites for hydroxylation is 1. The molecule has 1 aromatic heterocycles. The van der Waals surface area contributed by atoms with E-state index in [0.717, 1.165) is 34.1 Å². The molecule has 1 N–H and O–H groups in total. The van der Waals surface area contributed by atoms with Crippen LogP contribution in [0, 0.1) is 18.6 Å². The molecule has 2 heterocycles. The summed E-state index contributed by atoms with van der Waals surface area (Å²) < 4.78 is 41.6. The molecule has 3 aromatic carbocycles. The van der Waals surface area contributed by atoms with Gasteiger partial charge in [-0.25, -0.2) is 13.8 Å². The van der Waals surface area contributed by atoms with Gasteiger partial charge < -0.3 is 14.8 Å². The molecule has 36 heavy (non-hydrogen) atoms. The van der Waals surface area contributed by atoms with E-state index in [1.807, 2.05) is 50.2 Å². The van der Waals surface area contributed by atoms with Gasteiger partial charge in [0.05, 0.1) is 11.2 Å². The standard InChI is InChI=1S/C27H25F2N3O3.Na/c1-4-25-31-21-11-10-20(28)26(29)27(21)32(25)22-7-5-6-17(15(22)2)13-30-18-8-9-19-23(12-18)34-14-24(19)35-16(3)33;/h5-12,24,30H,4,13-14H2,1-3H3;/t24-;/m1./s1. The number of hydrogen-bond acceptors (Lipinski definition) is 5. The number of carbonyl (C=O) groups is 1. The van der Waals surface area contributed by atoms with E-state index >= 15 is 0 Å². The summed E-state index contributed by atoms with van der Waals surface area (Å²) in [5, 5.41) is 3.40. The van der Waals surface area contributed by atoms with Gasteiger partial charge in [-0.15, -0.1) is 0 Å². The topological polar surface area (TPSA) is 65.4 Å². The number of imidazole rings is 1. The molecular formula is C27H25F2N3NaO3. The third-order valence-corrected chi connectivity index (χ3v) is 6.30.